The molecule has 416 valence electrons. The summed E-state index contributed by atoms with van der Waals surface area (Å²) in [4.78, 5) is 25.5. The molecule has 0 saturated heterocycles. The van der Waals surface area contributed by atoms with Gasteiger partial charge in [-0.05, 0) is 83.5 Å². The van der Waals surface area contributed by atoms with Gasteiger partial charge in [-0.1, -0.05) is 252 Å². The van der Waals surface area contributed by atoms with Crippen LogP contribution in [0.4, 0.5) is 0 Å². The van der Waals surface area contributed by atoms with Gasteiger partial charge in [0.25, 0.3) is 7.82 Å². The van der Waals surface area contributed by atoms with Crippen LogP contribution >= 0.6 is 7.82 Å². The number of aliphatic hydroxyl groups excluding tert-OH is 1. The summed E-state index contributed by atoms with van der Waals surface area (Å²) >= 11 is 0. The Labute approximate surface area is 445 Å². The molecule has 0 fully saturated rings. The topological polar surface area (TPSA) is 108 Å². The first-order valence-electron chi connectivity index (χ1n) is 29.6. The minimum atomic E-state index is -4.62. The van der Waals surface area contributed by atoms with Gasteiger partial charge in [0.2, 0.25) is 5.91 Å². The number of carbonyl (C=O) groups excluding carboxylic acids is 1. The van der Waals surface area contributed by atoms with Gasteiger partial charge in [0.1, 0.15) is 13.2 Å². The Morgan fingerprint density at radius 1 is 0.500 bits per heavy atom. The number of allylic oxidation sites excluding steroid dienone is 15. The fraction of sp³-hybridized carbons (Fsp3) is 0.730. The maximum atomic E-state index is 13.0. The number of nitrogens with zero attached hydrogens (tertiary/aromatic N) is 1. The Hall–Kier alpha value is -2.58. The second kappa shape index (κ2) is 53.3. The summed E-state index contributed by atoms with van der Waals surface area (Å²) in [6.45, 7) is 4.51. The number of phosphoric acid groups is 1. The summed E-state index contributed by atoms with van der Waals surface area (Å²) in [7, 11) is 1.22. The zero-order valence-electron chi connectivity index (χ0n) is 47.4. The van der Waals surface area contributed by atoms with E-state index >= 15 is 0 Å². The molecule has 0 aromatic carbocycles. The van der Waals surface area contributed by atoms with Crippen molar-refractivity contribution in [3.63, 3.8) is 0 Å². The summed E-state index contributed by atoms with van der Waals surface area (Å²) in [5, 5.41) is 13.9. The van der Waals surface area contributed by atoms with Crippen LogP contribution < -0.4 is 10.2 Å². The first-order valence-corrected chi connectivity index (χ1v) is 31.1. The van der Waals surface area contributed by atoms with Crippen LogP contribution in [0.1, 0.15) is 245 Å². The fourth-order valence-electron chi connectivity index (χ4n) is 8.17. The number of likely N-dealkylation sites (N-methyl/N-ethyl adjacent to an activating group) is 1. The highest BCUT2D eigenvalue weighted by atomic mass is 31.2. The molecule has 0 radical (unpaired) electrons. The summed E-state index contributed by atoms with van der Waals surface area (Å²) in [5.41, 5.74) is 0. The van der Waals surface area contributed by atoms with Gasteiger partial charge in [0.15, 0.2) is 0 Å². The first kappa shape index (κ1) is 69.4. The lowest BCUT2D eigenvalue weighted by molar-refractivity contribution is -0.870. The maximum Gasteiger partial charge on any atom is 0.268 e. The quantitative estimate of drug-likeness (QED) is 0.0272. The minimum absolute atomic E-state index is 0.0145. The summed E-state index contributed by atoms with van der Waals surface area (Å²) in [6.07, 6.45) is 76.3. The second-order valence-corrected chi connectivity index (χ2v) is 22.4. The van der Waals surface area contributed by atoms with Crippen LogP contribution in [0.3, 0.4) is 0 Å². The Morgan fingerprint density at radius 2 is 0.861 bits per heavy atom. The van der Waals surface area contributed by atoms with Crippen molar-refractivity contribution in [1.82, 2.24) is 5.32 Å². The van der Waals surface area contributed by atoms with Crippen molar-refractivity contribution >= 4 is 13.7 Å². The normalized spacial score (nSPS) is 14.6. The van der Waals surface area contributed by atoms with E-state index in [2.05, 4.69) is 104 Å². The summed E-state index contributed by atoms with van der Waals surface area (Å²) in [5.74, 6) is -0.224. The average molecular weight is 1030 g/mol. The molecule has 0 rings (SSSR count). The third kappa shape index (κ3) is 55.2. The zero-order valence-corrected chi connectivity index (χ0v) is 48.2. The zero-order chi connectivity index (χ0) is 52.7. The lowest BCUT2D eigenvalue weighted by atomic mass is 10.0. The van der Waals surface area contributed by atoms with Gasteiger partial charge in [-0.15, -0.1) is 0 Å². The standard InChI is InChI=1S/C63H113N2O6P/c1-6-8-10-12-14-16-18-20-22-24-26-28-30-32-34-36-38-40-42-44-46-48-50-52-54-56-62(66)61(60-71-72(68,69)70-59-58-65(3,4)5)64-63(67)57-55-53-51-49-47-45-43-41-39-37-35-33-31-29-27-25-23-21-19-17-15-13-11-9-7-2/h9,11,15,17,21,23,27,29,33,35,39,41,46,48,54,56,61-62,66H,6-8,10,12-14,16,18-20,22,24-26,28,30-32,34,36-38,40,42-45,47,49-53,55,57-60H2,1-5H3,(H-,64,67,68,69)/b11-9-,17-15-,23-21-,29-27-,35-33-,41-39-,48-46+,56-54+. The Bertz CT molecular complexity index is 1490. The van der Waals surface area contributed by atoms with E-state index in [9.17, 15) is 19.4 Å². The molecule has 1 amide bonds. The van der Waals surface area contributed by atoms with Crippen LogP contribution in [0.2, 0.25) is 0 Å². The molecule has 0 aromatic heterocycles. The molecule has 2 N–H and O–H groups in total. The molecule has 3 atom stereocenters. The van der Waals surface area contributed by atoms with Crippen molar-refractivity contribution in [3.05, 3.63) is 97.2 Å². The molecule has 0 aliphatic heterocycles. The van der Waals surface area contributed by atoms with E-state index in [4.69, 9.17) is 9.05 Å². The van der Waals surface area contributed by atoms with Crippen LogP contribution in [0.5, 0.6) is 0 Å². The van der Waals surface area contributed by atoms with E-state index < -0.39 is 26.6 Å². The van der Waals surface area contributed by atoms with Gasteiger partial charge in [-0.25, -0.2) is 0 Å². The van der Waals surface area contributed by atoms with Gasteiger partial charge in [-0.2, -0.15) is 0 Å². The van der Waals surface area contributed by atoms with Crippen molar-refractivity contribution in [2.45, 2.75) is 257 Å². The van der Waals surface area contributed by atoms with Crippen molar-refractivity contribution < 1.29 is 32.9 Å². The van der Waals surface area contributed by atoms with Gasteiger partial charge in [-0.3, -0.25) is 9.36 Å². The number of amides is 1. The van der Waals surface area contributed by atoms with Gasteiger partial charge < -0.3 is 28.8 Å². The number of nitrogens with one attached hydrogen (secondary N) is 1. The van der Waals surface area contributed by atoms with Crippen LogP contribution in [0.25, 0.3) is 0 Å². The van der Waals surface area contributed by atoms with E-state index in [1.165, 1.54) is 122 Å². The molecule has 0 heterocycles. The molecule has 72 heavy (non-hydrogen) atoms. The highest BCUT2D eigenvalue weighted by Gasteiger charge is 2.23. The minimum Gasteiger partial charge on any atom is -0.756 e. The lowest BCUT2D eigenvalue weighted by Crippen LogP contribution is -2.45. The Kier molecular flexibility index (Phi) is 51.3. The number of quaternary nitrogens is 1. The molecule has 3 unspecified atom stereocenters. The largest absolute Gasteiger partial charge is 0.756 e. The van der Waals surface area contributed by atoms with E-state index in [1.807, 2.05) is 27.2 Å². The predicted molar refractivity (Wildman–Crippen MR) is 311 cm³/mol. The molecule has 0 saturated carbocycles. The number of hydrogen-bond donors (Lipinski definition) is 2. The van der Waals surface area contributed by atoms with Crippen molar-refractivity contribution in [3.8, 4) is 0 Å². The highest BCUT2D eigenvalue weighted by Crippen LogP contribution is 2.38. The monoisotopic (exact) mass is 1020 g/mol. The van der Waals surface area contributed by atoms with E-state index in [0.29, 0.717) is 17.4 Å². The Morgan fingerprint density at radius 3 is 1.29 bits per heavy atom. The molecule has 9 heteroatoms. The third-order valence-corrected chi connectivity index (χ3v) is 13.7. The van der Waals surface area contributed by atoms with Crippen LogP contribution in [-0.4, -0.2) is 68.5 Å². The van der Waals surface area contributed by atoms with Crippen LogP contribution in [0.15, 0.2) is 97.2 Å². The van der Waals surface area contributed by atoms with Crippen LogP contribution in [-0.2, 0) is 18.4 Å². The van der Waals surface area contributed by atoms with Crippen molar-refractivity contribution in [1.29, 1.82) is 0 Å². The first-order chi connectivity index (χ1) is 35.0. The van der Waals surface area contributed by atoms with Gasteiger partial charge >= 0.3 is 0 Å². The number of phosphoric ester groups is 1. The number of aliphatic hydroxyl groups is 1. The van der Waals surface area contributed by atoms with Crippen molar-refractivity contribution in [2.75, 3.05) is 40.9 Å². The smallest absolute Gasteiger partial charge is 0.268 e. The van der Waals surface area contributed by atoms with Gasteiger partial charge in [0.05, 0.1) is 39.9 Å². The Balaban J connectivity index is 4.31. The molecule has 0 spiro atoms. The van der Waals surface area contributed by atoms with E-state index in [-0.39, 0.29) is 12.5 Å². The summed E-state index contributed by atoms with van der Waals surface area (Å²) < 4.78 is 23.3. The maximum absolute atomic E-state index is 13.0. The predicted octanol–water partition coefficient (Wildman–Crippen LogP) is 17.6. The van der Waals surface area contributed by atoms with Crippen LogP contribution in [0, 0.1) is 0 Å². The number of hydrogen-bond acceptors (Lipinski definition) is 6. The highest BCUT2D eigenvalue weighted by molar-refractivity contribution is 7.45. The molecular weight excluding hydrogens is 912 g/mol. The van der Waals surface area contributed by atoms with E-state index in [0.717, 1.165) is 103 Å². The van der Waals surface area contributed by atoms with Gasteiger partial charge in [0, 0.05) is 6.42 Å². The second-order valence-electron chi connectivity index (χ2n) is 21.0. The summed E-state index contributed by atoms with van der Waals surface area (Å²) in [6, 6.07) is -0.919. The molecule has 0 aliphatic carbocycles. The fourth-order valence-corrected chi connectivity index (χ4v) is 8.90. The van der Waals surface area contributed by atoms with Crippen molar-refractivity contribution in [2.24, 2.45) is 0 Å². The number of unbranched alkanes of at least 4 members (excludes halogenated alkanes) is 26. The molecular formula is C63H113N2O6P. The average Bonchev–Trinajstić information content (AvgIpc) is 3.34. The molecule has 0 bridgehead atoms. The molecule has 0 aliphatic rings. The number of rotatable bonds is 53. The lowest BCUT2D eigenvalue weighted by Gasteiger charge is -2.29. The number of carbonyl (C=O) groups is 1. The third-order valence-electron chi connectivity index (χ3n) is 12.8. The van der Waals surface area contributed by atoms with E-state index in [1.54, 1.807) is 6.08 Å². The molecule has 0 aromatic rings. The SMILES string of the molecule is CC/C=C\C/C=C\C/C=C\C/C=C\C/C=C\C/C=C\CCCCCCCCC(=O)NC(COP(=O)([O-])OCC[N+](C)(C)C)C(O)/C=C/CC/C=C/CCCCCCCCCCCCCCCCCCCCC. The molecule has 8 nitrogen and oxygen atoms in total.